The van der Waals surface area contributed by atoms with Crippen LogP contribution in [0, 0.1) is 5.92 Å². The first-order valence-corrected chi connectivity index (χ1v) is 10.3. The summed E-state index contributed by atoms with van der Waals surface area (Å²) in [4.78, 5) is 18.8. The first kappa shape index (κ1) is 18.6. The fraction of sp³-hybridized carbons (Fsp3) is 0.636. The first-order valence-electron chi connectivity index (χ1n) is 10.3. The maximum Gasteiger partial charge on any atom is 0.226 e. The van der Waals surface area contributed by atoms with Gasteiger partial charge in [-0.05, 0) is 56.6 Å². The maximum atomic E-state index is 12.6. The molecule has 5 heteroatoms. The van der Waals surface area contributed by atoms with Crippen molar-refractivity contribution in [1.29, 1.82) is 0 Å². The van der Waals surface area contributed by atoms with Gasteiger partial charge in [-0.1, -0.05) is 17.7 Å². The molecule has 1 spiro atoms. The first-order chi connectivity index (χ1) is 13.3. The zero-order valence-electron chi connectivity index (χ0n) is 16.1. The van der Waals surface area contributed by atoms with Crippen molar-refractivity contribution in [3.8, 4) is 0 Å². The molecule has 4 rings (SSSR count). The molecular formula is C22H30N2O3. The quantitative estimate of drug-likeness (QED) is 0.545. The minimum Gasteiger partial charge on any atom is -0.375 e. The molecule has 0 saturated carbocycles. The number of rotatable bonds is 7. The van der Waals surface area contributed by atoms with Crippen molar-refractivity contribution in [2.75, 3.05) is 26.3 Å². The van der Waals surface area contributed by atoms with Gasteiger partial charge in [0.05, 0.1) is 25.4 Å². The lowest BCUT2D eigenvalue weighted by Gasteiger charge is -2.50. The Morgan fingerprint density at radius 3 is 3.04 bits per heavy atom. The van der Waals surface area contributed by atoms with Crippen LogP contribution in [0.5, 0.6) is 0 Å². The van der Waals surface area contributed by atoms with E-state index in [1.165, 1.54) is 18.4 Å². The molecule has 0 aromatic carbocycles. The van der Waals surface area contributed by atoms with Crippen molar-refractivity contribution < 1.29 is 14.3 Å². The summed E-state index contributed by atoms with van der Waals surface area (Å²) < 4.78 is 11.9. The summed E-state index contributed by atoms with van der Waals surface area (Å²) in [7, 11) is 0. The summed E-state index contributed by atoms with van der Waals surface area (Å²) in [6.45, 7) is 3.58. The number of hydrogen-bond acceptors (Lipinski definition) is 4. The highest BCUT2D eigenvalue weighted by Gasteiger charge is 2.53. The highest BCUT2D eigenvalue weighted by molar-refractivity contribution is 5.80. The van der Waals surface area contributed by atoms with Gasteiger partial charge in [0.2, 0.25) is 5.91 Å². The molecule has 1 atom stereocenters. The second-order valence-corrected chi connectivity index (χ2v) is 8.10. The van der Waals surface area contributed by atoms with Gasteiger partial charge in [0.15, 0.2) is 0 Å². The predicted octanol–water partition coefficient (Wildman–Crippen LogP) is 3.50. The van der Waals surface area contributed by atoms with Crippen LogP contribution in [0.4, 0.5) is 0 Å². The summed E-state index contributed by atoms with van der Waals surface area (Å²) in [5.74, 6) is 0.758. The minimum atomic E-state index is -0.120. The third-order valence-electron chi connectivity index (χ3n) is 6.22. The molecule has 2 fully saturated rings. The SMILES string of the molecule is O=C(CC1=CCCCC1)N1CC2(C1)OCCC2CCOCc1ccccn1. The van der Waals surface area contributed by atoms with E-state index in [-0.39, 0.29) is 11.5 Å². The van der Waals surface area contributed by atoms with Crippen LogP contribution in [0.1, 0.15) is 50.6 Å². The summed E-state index contributed by atoms with van der Waals surface area (Å²) in [6, 6.07) is 5.88. The molecule has 27 heavy (non-hydrogen) atoms. The molecule has 1 aromatic heterocycles. The van der Waals surface area contributed by atoms with Gasteiger partial charge in [0.25, 0.3) is 0 Å². The standard InChI is InChI=1S/C22H30N2O3/c25-21(14-18-6-2-1-3-7-18)24-16-22(17-24)19(10-13-27-22)9-12-26-15-20-8-4-5-11-23-20/h4-6,8,11,19H,1-3,7,9-10,12-17H2. The van der Waals surface area contributed by atoms with Gasteiger partial charge >= 0.3 is 0 Å². The molecule has 2 saturated heterocycles. The largest absolute Gasteiger partial charge is 0.375 e. The number of pyridine rings is 1. The van der Waals surface area contributed by atoms with Gasteiger partial charge in [0.1, 0.15) is 5.60 Å². The summed E-state index contributed by atoms with van der Waals surface area (Å²) in [5.41, 5.74) is 2.18. The van der Waals surface area contributed by atoms with Crippen LogP contribution in [0.2, 0.25) is 0 Å². The fourth-order valence-electron chi connectivity index (χ4n) is 4.58. The molecule has 1 aliphatic carbocycles. The molecule has 2 aliphatic heterocycles. The number of aromatic nitrogens is 1. The molecule has 1 aromatic rings. The van der Waals surface area contributed by atoms with E-state index in [1.807, 2.05) is 23.1 Å². The van der Waals surface area contributed by atoms with Gasteiger partial charge < -0.3 is 14.4 Å². The highest BCUT2D eigenvalue weighted by atomic mass is 16.5. The van der Waals surface area contributed by atoms with Crippen molar-refractivity contribution in [2.24, 2.45) is 5.92 Å². The number of ether oxygens (including phenoxy) is 2. The van der Waals surface area contributed by atoms with Crippen LogP contribution in [0.15, 0.2) is 36.0 Å². The fourth-order valence-corrected chi connectivity index (χ4v) is 4.58. The molecule has 1 unspecified atom stereocenters. The van der Waals surface area contributed by atoms with E-state index in [0.29, 0.717) is 25.6 Å². The monoisotopic (exact) mass is 370 g/mol. The third kappa shape index (κ3) is 4.41. The van der Waals surface area contributed by atoms with Crippen LogP contribution in [-0.4, -0.2) is 47.7 Å². The van der Waals surface area contributed by atoms with Crippen molar-refractivity contribution in [1.82, 2.24) is 9.88 Å². The van der Waals surface area contributed by atoms with Crippen molar-refractivity contribution in [2.45, 2.75) is 57.2 Å². The van der Waals surface area contributed by atoms with E-state index in [1.54, 1.807) is 6.20 Å². The Bertz CT molecular complexity index is 667. The molecule has 146 valence electrons. The molecule has 0 bridgehead atoms. The summed E-state index contributed by atoms with van der Waals surface area (Å²) >= 11 is 0. The van der Waals surface area contributed by atoms with Crippen LogP contribution in [-0.2, 0) is 20.9 Å². The number of carbonyl (C=O) groups excluding carboxylic acids is 1. The number of allylic oxidation sites excluding steroid dienone is 1. The van der Waals surface area contributed by atoms with Crippen LogP contribution in [0.3, 0.4) is 0 Å². The molecule has 1 amide bonds. The molecular weight excluding hydrogens is 340 g/mol. The van der Waals surface area contributed by atoms with E-state index in [2.05, 4.69) is 11.1 Å². The lowest BCUT2D eigenvalue weighted by Crippen LogP contribution is -2.66. The van der Waals surface area contributed by atoms with E-state index < -0.39 is 0 Å². The summed E-state index contributed by atoms with van der Waals surface area (Å²) in [5, 5.41) is 0. The van der Waals surface area contributed by atoms with Gasteiger partial charge in [-0.25, -0.2) is 0 Å². The second kappa shape index (κ2) is 8.53. The Labute approximate surface area is 161 Å². The van der Waals surface area contributed by atoms with E-state index in [4.69, 9.17) is 9.47 Å². The number of nitrogens with zero attached hydrogens (tertiary/aromatic N) is 2. The molecule has 0 N–H and O–H groups in total. The van der Waals surface area contributed by atoms with Crippen molar-refractivity contribution >= 4 is 5.91 Å². The van der Waals surface area contributed by atoms with Crippen molar-refractivity contribution in [3.05, 3.63) is 41.7 Å². The number of amides is 1. The van der Waals surface area contributed by atoms with Crippen LogP contribution in [0.25, 0.3) is 0 Å². The van der Waals surface area contributed by atoms with Gasteiger partial charge in [0, 0.05) is 25.8 Å². The lowest BCUT2D eigenvalue weighted by molar-refractivity contribution is -0.165. The third-order valence-corrected chi connectivity index (χ3v) is 6.22. The number of carbonyl (C=O) groups is 1. The Morgan fingerprint density at radius 1 is 1.33 bits per heavy atom. The predicted molar refractivity (Wildman–Crippen MR) is 103 cm³/mol. The molecule has 0 radical (unpaired) electrons. The Balaban J connectivity index is 1.21. The number of hydrogen-bond donors (Lipinski definition) is 0. The highest BCUT2D eigenvalue weighted by Crippen LogP contribution is 2.42. The van der Waals surface area contributed by atoms with Crippen molar-refractivity contribution in [3.63, 3.8) is 0 Å². The minimum absolute atomic E-state index is 0.120. The van der Waals surface area contributed by atoms with Gasteiger partial charge in [-0.15, -0.1) is 0 Å². The Kier molecular flexibility index (Phi) is 5.89. The maximum absolute atomic E-state index is 12.6. The zero-order valence-corrected chi connectivity index (χ0v) is 16.1. The molecule has 3 aliphatic rings. The normalized spacial score (nSPS) is 23.9. The van der Waals surface area contributed by atoms with E-state index in [9.17, 15) is 4.79 Å². The summed E-state index contributed by atoms with van der Waals surface area (Å²) in [6.07, 6.45) is 11.4. The van der Waals surface area contributed by atoms with E-state index in [0.717, 1.165) is 51.1 Å². The zero-order chi connectivity index (χ0) is 18.5. The average Bonchev–Trinajstić information content (AvgIpc) is 3.10. The van der Waals surface area contributed by atoms with E-state index >= 15 is 0 Å². The average molecular weight is 370 g/mol. The molecule has 3 heterocycles. The Morgan fingerprint density at radius 2 is 2.26 bits per heavy atom. The smallest absolute Gasteiger partial charge is 0.226 e. The second-order valence-electron chi connectivity index (χ2n) is 8.10. The lowest BCUT2D eigenvalue weighted by atomic mass is 9.78. The van der Waals surface area contributed by atoms with Gasteiger partial charge in [-0.2, -0.15) is 0 Å². The van der Waals surface area contributed by atoms with Crippen LogP contribution < -0.4 is 0 Å². The molecule has 5 nitrogen and oxygen atoms in total. The Hall–Kier alpha value is -1.72. The number of likely N-dealkylation sites (tertiary alicyclic amines) is 1. The van der Waals surface area contributed by atoms with Crippen LogP contribution >= 0.6 is 0 Å². The van der Waals surface area contributed by atoms with Gasteiger partial charge in [-0.3, -0.25) is 9.78 Å². The topological polar surface area (TPSA) is 51.7 Å².